The quantitative estimate of drug-likeness (QED) is 0.662. The zero-order chi connectivity index (χ0) is 15.5. The third-order valence-electron chi connectivity index (χ3n) is 3.32. The highest BCUT2D eigenvalue weighted by molar-refractivity contribution is 7.80. The van der Waals surface area contributed by atoms with Gasteiger partial charge in [0, 0.05) is 17.4 Å². The summed E-state index contributed by atoms with van der Waals surface area (Å²) >= 11 is 5.14. The van der Waals surface area contributed by atoms with Crippen LogP contribution in [0.2, 0.25) is 0 Å². The molecule has 0 atom stereocenters. The maximum atomic E-state index is 13.9. The summed E-state index contributed by atoms with van der Waals surface area (Å²) in [7, 11) is 0. The maximum Gasteiger partial charge on any atom is 0.167 e. The summed E-state index contributed by atoms with van der Waals surface area (Å²) in [4.78, 5) is 0. The van der Waals surface area contributed by atoms with E-state index in [9.17, 15) is 4.39 Å². The van der Waals surface area contributed by atoms with Crippen molar-refractivity contribution in [3.63, 3.8) is 0 Å². The van der Waals surface area contributed by atoms with Crippen molar-refractivity contribution in [1.82, 2.24) is 5.16 Å². The molecule has 0 saturated carbocycles. The minimum absolute atomic E-state index is 0.320. The van der Waals surface area contributed by atoms with Crippen molar-refractivity contribution in [2.24, 2.45) is 0 Å². The molecule has 1 aromatic heterocycles. The molecule has 5 heteroatoms. The molecule has 0 saturated heterocycles. The summed E-state index contributed by atoms with van der Waals surface area (Å²) < 4.78 is 24.5. The lowest BCUT2D eigenvalue weighted by Gasteiger charge is -2.04. The number of halogens is 1. The number of ether oxygens (including phenoxy) is 1. The average Bonchev–Trinajstić information content (AvgIpc) is 2.91. The maximum absolute atomic E-state index is 13.9. The largest absolute Gasteiger partial charge is 0.487 e. The number of benzene rings is 2. The van der Waals surface area contributed by atoms with Gasteiger partial charge in [0.2, 0.25) is 0 Å². The predicted molar refractivity (Wildman–Crippen MR) is 87.3 cm³/mol. The van der Waals surface area contributed by atoms with Gasteiger partial charge in [0.1, 0.15) is 11.5 Å². The Morgan fingerprint density at radius 3 is 2.86 bits per heavy atom. The summed E-state index contributed by atoms with van der Waals surface area (Å²) in [5.41, 5.74) is 2.52. The fraction of sp³-hybridized carbons (Fsp3) is 0.176. The molecular formula is C17H14FNO2S. The Balaban J connectivity index is 1.97. The summed E-state index contributed by atoms with van der Waals surface area (Å²) in [6.45, 7) is 2.45. The molecule has 0 radical (unpaired) electrons. The number of fused-ring (bicyclic) bond motifs is 1. The standard InChI is InChI=1S/C17H14FNO2S/c1-2-20-16(22)10-11-7-8-13-15(9-11)21-19-17(13)12-5-3-4-6-14(12)18/h3-9H,2,10H2,1H3. The van der Waals surface area contributed by atoms with Crippen molar-refractivity contribution < 1.29 is 13.7 Å². The smallest absolute Gasteiger partial charge is 0.167 e. The minimum atomic E-state index is -0.320. The van der Waals surface area contributed by atoms with Crippen LogP contribution in [-0.2, 0) is 11.2 Å². The second-order valence-electron chi connectivity index (χ2n) is 4.82. The van der Waals surface area contributed by atoms with Gasteiger partial charge in [-0.15, -0.1) is 0 Å². The molecule has 22 heavy (non-hydrogen) atoms. The summed E-state index contributed by atoms with van der Waals surface area (Å²) in [5.74, 6) is -0.320. The first kappa shape index (κ1) is 14.7. The predicted octanol–water partition coefficient (Wildman–Crippen LogP) is 4.54. The molecule has 0 fully saturated rings. The Bertz CT molecular complexity index is 828. The van der Waals surface area contributed by atoms with E-state index < -0.39 is 0 Å². The van der Waals surface area contributed by atoms with Gasteiger partial charge in [0.15, 0.2) is 10.6 Å². The SMILES string of the molecule is CCOC(=S)Cc1ccc2c(-c3ccccc3F)noc2c1. The highest BCUT2D eigenvalue weighted by Gasteiger charge is 2.14. The van der Waals surface area contributed by atoms with Gasteiger partial charge < -0.3 is 9.26 Å². The third-order valence-corrected chi connectivity index (χ3v) is 3.58. The molecule has 0 aliphatic carbocycles. The van der Waals surface area contributed by atoms with Gasteiger partial charge in [0.05, 0.1) is 6.61 Å². The van der Waals surface area contributed by atoms with E-state index in [0.717, 1.165) is 10.9 Å². The molecule has 0 aliphatic heterocycles. The fourth-order valence-electron chi connectivity index (χ4n) is 2.32. The third kappa shape index (κ3) is 2.85. The Kier molecular flexibility index (Phi) is 4.15. The fourth-order valence-corrected chi connectivity index (χ4v) is 2.60. The van der Waals surface area contributed by atoms with Crippen LogP contribution in [0.5, 0.6) is 0 Å². The molecule has 1 heterocycles. The molecule has 0 N–H and O–H groups in total. The van der Waals surface area contributed by atoms with E-state index in [2.05, 4.69) is 5.16 Å². The number of aromatic nitrogens is 1. The van der Waals surface area contributed by atoms with E-state index in [1.807, 2.05) is 25.1 Å². The number of hydrogen-bond donors (Lipinski definition) is 0. The number of thiocarbonyl (C=S) groups is 1. The van der Waals surface area contributed by atoms with Gasteiger partial charge in [-0.1, -0.05) is 23.4 Å². The first-order valence-electron chi connectivity index (χ1n) is 6.98. The summed E-state index contributed by atoms with van der Waals surface area (Å²) in [6.07, 6.45) is 0.537. The Morgan fingerprint density at radius 2 is 2.09 bits per heavy atom. The Labute approximate surface area is 132 Å². The van der Waals surface area contributed by atoms with Crippen LogP contribution in [0.4, 0.5) is 4.39 Å². The molecule has 0 bridgehead atoms. The molecule has 2 aromatic carbocycles. The highest BCUT2D eigenvalue weighted by atomic mass is 32.1. The van der Waals surface area contributed by atoms with Crippen LogP contribution in [0.15, 0.2) is 47.0 Å². The van der Waals surface area contributed by atoms with Crippen LogP contribution >= 0.6 is 12.2 Å². The lowest BCUT2D eigenvalue weighted by Crippen LogP contribution is -2.04. The van der Waals surface area contributed by atoms with Gasteiger partial charge in [-0.05, 0) is 49.0 Å². The van der Waals surface area contributed by atoms with Crippen LogP contribution in [-0.4, -0.2) is 16.8 Å². The van der Waals surface area contributed by atoms with E-state index in [4.69, 9.17) is 21.5 Å². The molecule has 0 spiro atoms. The van der Waals surface area contributed by atoms with E-state index in [-0.39, 0.29) is 5.82 Å². The van der Waals surface area contributed by atoms with Gasteiger partial charge in [-0.3, -0.25) is 0 Å². The first-order valence-corrected chi connectivity index (χ1v) is 7.38. The van der Waals surface area contributed by atoms with Crippen molar-refractivity contribution in [2.75, 3.05) is 6.61 Å². The molecule has 0 aliphatic rings. The van der Waals surface area contributed by atoms with Crippen molar-refractivity contribution in [2.45, 2.75) is 13.3 Å². The highest BCUT2D eigenvalue weighted by Crippen LogP contribution is 2.30. The van der Waals surface area contributed by atoms with Crippen molar-refractivity contribution in [3.8, 4) is 11.3 Å². The van der Waals surface area contributed by atoms with Crippen LogP contribution in [0.3, 0.4) is 0 Å². The average molecular weight is 315 g/mol. The van der Waals surface area contributed by atoms with E-state index >= 15 is 0 Å². The van der Waals surface area contributed by atoms with E-state index in [0.29, 0.717) is 34.9 Å². The van der Waals surface area contributed by atoms with Gasteiger partial charge in [-0.2, -0.15) is 0 Å². The molecular weight excluding hydrogens is 301 g/mol. The lowest BCUT2D eigenvalue weighted by molar-refractivity contribution is 0.330. The molecule has 112 valence electrons. The Hall–Kier alpha value is -2.27. The summed E-state index contributed by atoms with van der Waals surface area (Å²) in [6, 6.07) is 12.2. The zero-order valence-corrected chi connectivity index (χ0v) is 12.8. The normalized spacial score (nSPS) is 10.8. The molecule has 3 aromatic rings. The second kappa shape index (κ2) is 6.23. The van der Waals surface area contributed by atoms with Crippen LogP contribution in [0.1, 0.15) is 12.5 Å². The van der Waals surface area contributed by atoms with Gasteiger partial charge >= 0.3 is 0 Å². The minimum Gasteiger partial charge on any atom is -0.487 e. The van der Waals surface area contributed by atoms with Gasteiger partial charge in [0.25, 0.3) is 0 Å². The van der Waals surface area contributed by atoms with Crippen LogP contribution in [0, 0.1) is 5.82 Å². The number of rotatable bonds is 4. The molecule has 3 rings (SSSR count). The van der Waals surface area contributed by atoms with Crippen LogP contribution < -0.4 is 0 Å². The topological polar surface area (TPSA) is 35.3 Å². The van der Waals surface area contributed by atoms with Crippen molar-refractivity contribution in [3.05, 3.63) is 53.8 Å². The molecule has 0 amide bonds. The van der Waals surface area contributed by atoms with Crippen LogP contribution in [0.25, 0.3) is 22.2 Å². The lowest BCUT2D eigenvalue weighted by atomic mass is 10.0. The first-order chi connectivity index (χ1) is 10.7. The number of hydrogen-bond acceptors (Lipinski definition) is 4. The second-order valence-corrected chi connectivity index (χ2v) is 5.28. The van der Waals surface area contributed by atoms with Crippen molar-refractivity contribution >= 4 is 28.2 Å². The van der Waals surface area contributed by atoms with Gasteiger partial charge in [-0.25, -0.2) is 4.39 Å². The van der Waals surface area contributed by atoms with E-state index in [1.54, 1.807) is 18.2 Å². The molecule has 0 unspecified atom stereocenters. The molecule has 3 nitrogen and oxygen atoms in total. The number of nitrogens with zero attached hydrogens (tertiary/aromatic N) is 1. The zero-order valence-electron chi connectivity index (χ0n) is 12.0. The Morgan fingerprint density at radius 1 is 1.27 bits per heavy atom. The monoisotopic (exact) mass is 315 g/mol. The summed E-state index contributed by atoms with van der Waals surface area (Å²) in [5, 5.41) is 5.32. The van der Waals surface area contributed by atoms with Crippen molar-refractivity contribution in [1.29, 1.82) is 0 Å². The van der Waals surface area contributed by atoms with E-state index in [1.165, 1.54) is 6.07 Å².